The quantitative estimate of drug-likeness (QED) is 0.716. The third-order valence-corrected chi connectivity index (χ3v) is 3.25. The Kier molecular flexibility index (Phi) is 2.99. The molecule has 0 saturated heterocycles. The third-order valence-electron chi connectivity index (χ3n) is 3.25. The number of pyridine rings is 2. The molecule has 0 N–H and O–H groups in total. The van der Waals surface area contributed by atoms with E-state index in [2.05, 4.69) is 4.98 Å². The van der Waals surface area contributed by atoms with E-state index in [1.807, 2.05) is 49.4 Å². The molecule has 0 spiro atoms. The van der Waals surface area contributed by atoms with Crippen LogP contribution in [0.15, 0.2) is 53.5 Å². The van der Waals surface area contributed by atoms with Gasteiger partial charge in [0.2, 0.25) is 0 Å². The summed E-state index contributed by atoms with van der Waals surface area (Å²) in [5, 5.41) is 0.937. The van der Waals surface area contributed by atoms with E-state index in [1.54, 1.807) is 17.9 Å². The van der Waals surface area contributed by atoms with Crippen LogP contribution in [0.1, 0.15) is 5.56 Å². The summed E-state index contributed by atoms with van der Waals surface area (Å²) in [4.78, 5) is 16.8. The maximum absolute atomic E-state index is 12.5. The topological polar surface area (TPSA) is 44.1 Å². The molecule has 0 aliphatic carbocycles. The zero-order chi connectivity index (χ0) is 14.1. The van der Waals surface area contributed by atoms with Crippen molar-refractivity contribution in [2.75, 3.05) is 7.11 Å². The Morgan fingerprint density at radius 3 is 2.80 bits per heavy atom. The second-order valence-corrected chi connectivity index (χ2v) is 4.59. The monoisotopic (exact) mass is 266 g/mol. The van der Waals surface area contributed by atoms with E-state index >= 15 is 0 Å². The molecule has 0 radical (unpaired) electrons. The molecule has 0 aliphatic heterocycles. The number of rotatable bonds is 2. The van der Waals surface area contributed by atoms with E-state index < -0.39 is 0 Å². The highest BCUT2D eigenvalue weighted by Crippen LogP contribution is 2.19. The summed E-state index contributed by atoms with van der Waals surface area (Å²) in [7, 11) is 1.61. The van der Waals surface area contributed by atoms with Crippen molar-refractivity contribution in [3.63, 3.8) is 0 Å². The predicted octanol–water partition coefficient (Wildman–Crippen LogP) is 2.70. The molecule has 4 nitrogen and oxygen atoms in total. The van der Waals surface area contributed by atoms with Crippen molar-refractivity contribution in [1.82, 2.24) is 9.55 Å². The summed E-state index contributed by atoms with van der Waals surface area (Å²) in [5.41, 5.74) is 2.02. The van der Waals surface area contributed by atoms with Crippen LogP contribution in [0.5, 0.6) is 5.75 Å². The first-order valence-corrected chi connectivity index (χ1v) is 6.32. The van der Waals surface area contributed by atoms with E-state index in [0.29, 0.717) is 17.0 Å². The lowest BCUT2D eigenvalue weighted by atomic mass is 10.2. The lowest BCUT2D eigenvalue weighted by molar-refractivity contribution is 0.414. The molecule has 3 rings (SSSR count). The van der Waals surface area contributed by atoms with Gasteiger partial charge in [-0.2, -0.15) is 0 Å². The molecule has 0 aliphatic rings. The third kappa shape index (κ3) is 1.95. The van der Waals surface area contributed by atoms with Crippen LogP contribution in [0.25, 0.3) is 16.7 Å². The average molecular weight is 266 g/mol. The number of hydrogen-bond donors (Lipinski definition) is 0. The van der Waals surface area contributed by atoms with Gasteiger partial charge in [-0.1, -0.05) is 6.07 Å². The Bertz CT molecular complexity index is 837. The van der Waals surface area contributed by atoms with E-state index in [4.69, 9.17) is 4.74 Å². The van der Waals surface area contributed by atoms with Gasteiger partial charge in [0.15, 0.2) is 0 Å². The first kappa shape index (κ1) is 12.4. The zero-order valence-corrected chi connectivity index (χ0v) is 11.3. The van der Waals surface area contributed by atoms with E-state index in [0.717, 1.165) is 11.1 Å². The van der Waals surface area contributed by atoms with Gasteiger partial charge in [-0.05, 0) is 37.3 Å². The fourth-order valence-corrected chi connectivity index (χ4v) is 2.27. The normalized spacial score (nSPS) is 10.7. The molecule has 100 valence electrons. The average Bonchev–Trinajstić information content (AvgIpc) is 2.48. The summed E-state index contributed by atoms with van der Waals surface area (Å²) >= 11 is 0. The Morgan fingerprint density at radius 2 is 2.00 bits per heavy atom. The molecule has 0 bridgehead atoms. The molecular weight excluding hydrogens is 252 g/mol. The van der Waals surface area contributed by atoms with Gasteiger partial charge < -0.3 is 4.74 Å². The minimum Gasteiger partial charge on any atom is -0.497 e. The van der Waals surface area contributed by atoms with Crippen molar-refractivity contribution in [2.45, 2.75) is 6.92 Å². The maximum atomic E-state index is 12.5. The summed E-state index contributed by atoms with van der Waals surface area (Å²) < 4.78 is 6.84. The van der Waals surface area contributed by atoms with Crippen LogP contribution in [0.3, 0.4) is 0 Å². The molecule has 0 saturated carbocycles. The molecule has 1 aromatic carbocycles. The summed E-state index contributed by atoms with van der Waals surface area (Å²) in [6.45, 7) is 1.81. The van der Waals surface area contributed by atoms with Crippen LogP contribution in [0.4, 0.5) is 0 Å². The van der Waals surface area contributed by atoms with Gasteiger partial charge in [0.1, 0.15) is 11.4 Å². The van der Waals surface area contributed by atoms with Gasteiger partial charge in [-0.25, -0.2) is 4.98 Å². The zero-order valence-electron chi connectivity index (χ0n) is 11.3. The summed E-state index contributed by atoms with van der Waals surface area (Å²) in [6, 6.07) is 13.1. The maximum Gasteiger partial charge on any atom is 0.259 e. The van der Waals surface area contributed by atoms with E-state index in [-0.39, 0.29) is 5.56 Å². The molecule has 2 heterocycles. The summed E-state index contributed by atoms with van der Waals surface area (Å²) in [6.07, 6.45) is 1.69. The number of aryl methyl sites for hydroxylation is 1. The second kappa shape index (κ2) is 4.81. The molecular formula is C16H14N2O2. The molecule has 3 aromatic rings. The first-order chi connectivity index (χ1) is 9.70. The number of nitrogens with zero attached hydrogens (tertiary/aromatic N) is 2. The van der Waals surface area contributed by atoms with Crippen LogP contribution in [-0.4, -0.2) is 16.7 Å². The minimum absolute atomic E-state index is 0.0653. The summed E-state index contributed by atoms with van der Waals surface area (Å²) in [5.74, 6) is 0.708. The number of benzene rings is 1. The van der Waals surface area contributed by atoms with Crippen LogP contribution in [0, 0.1) is 6.92 Å². The number of methoxy groups -OCH3 is 1. The van der Waals surface area contributed by atoms with Gasteiger partial charge in [-0.3, -0.25) is 9.36 Å². The van der Waals surface area contributed by atoms with Crippen LogP contribution < -0.4 is 10.3 Å². The highest BCUT2D eigenvalue weighted by molar-refractivity contribution is 5.77. The van der Waals surface area contributed by atoms with Crippen molar-refractivity contribution in [1.29, 1.82) is 0 Å². The minimum atomic E-state index is -0.0653. The van der Waals surface area contributed by atoms with Gasteiger partial charge in [0.25, 0.3) is 5.56 Å². The highest BCUT2D eigenvalue weighted by Gasteiger charge is 2.09. The van der Waals surface area contributed by atoms with Gasteiger partial charge >= 0.3 is 0 Å². The lowest BCUT2D eigenvalue weighted by Crippen LogP contribution is -2.21. The molecule has 2 aromatic heterocycles. The molecule has 0 fully saturated rings. The van der Waals surface area contributed by atoms with E-state index in [1.165, 1.54) is 0 Å². The fraction of sp³-hybridized carbons (Fsp3) is 0.125. The van der Waals surface area contributed by atoms with Gasteiger partial charge in [0.05, 0.1) is 12.8 Å². The number of fused-ring (bicyclic) bond motifs is 1. The molecule has 0 unspecified atom stereocenters. The Balaban J connectivity index is 2.40. The van der Waals surface area contributed by atoms with Crippen molar-refractivity contribution < 1.29 is 4.74 Å². The SMILES string of the molecule is COc1cccc(-n2c(=O)c(C)cc3cccnc32)c1. The molecule has 0 atom stereocenters. The smallest absolute Gasteiger partial charge is 0.259 e. The predicted molar refractivity (Wildman–Crippen MR) is 78.6 cm³/mol. The standard InChI is InChI=1S/C16H14N2O2/c1-11-9-12-5-4-8-17-15(12)18(16(11)19)13-6-3-7-14(10-13)20-2/h3-10H,1-2H3. The van der Waals surface area contributed by atoms with Crippen LogP contribution >= 0.6 is 0 Å². The van der Waals surface area contributed by atoms with E-state index in [9.17, 15) is 4.79 Å². The molecule has 0 amide bonds. The van der Waals surface area contributed by atoms with Crippen LogP contribution in [0.2, 0.25) is 0 Å². The number of hydrogen-bond acceptors (Lipinski definition) is 3. The molecule has 4 heteroatoms. The largest absolute Gasteiger partial charge is 0.497 e. The van der Waals surface area contributed by atoms with Crippen LogP contribution in [-0.2, 0) is 0 Å². The number of ether oxygens (including phenoxy) is 1. The van der Waals surface area contributed by atoms with Crippen molar-refractivity contribution in [3.8, 4) is 11.4 Å². The lowest BCUT2D eigenvalue weighted by Gasteiger charge is -2.11. The van der Waals surface area contributed by atoms with Crippen molar-refractivity contribution in [3.05, 3.63) is 64.6 Å². The van der Waals surface area contributed by atoms with Crippen molar-refractivity contribution in [2.24, 2.45) is 0 Å². The highest BCUT2D eigenvalue weighted by atomic mass is 16.5. The van der Waals surface area contributed by atoms with Gasteiger partial charge in [0, 0.05) is 23.2 Å². The fourth-order valence-electron chi connectivity index (χ4n) is 2.27. The van der Waals surface area contributed by atoms with Gasteiger partial charge in [-0.15, -0.1) is 0 Å². The Hall–Kier alpha value is -2.62. The number of aromatic nitrogens is 2. The molecule has 20 heavy (non-hydrogen) atoms. The Morgan fingerprint density at radius 1 is 1.15 bits per heavy atom. The van der Waals surface area contributed by atoms with Crippen molar-refractivity contribution >= 4 is 11.0 Å². The first-order valence-electron chi connectivity index (χ1n) is 6.32. The Labute approximate surface area is 116 Å². The second-order valence-electron chi connectivity index (χ2n) is 4.59.